The molecule has 0 bridgehead atoms. The van der Waals surface area contributed by atoms with Crippen LogP contribution in [-0.4, -0.2) is 86.2 Å². The summed E-state index contributed by atoms with van der Waals surface area (Å²) in [6.45, 7) is 4.17. The molecular weight excluding hydrogens is 691 g/mol. The van der Waals surface area contributed by atoms with E-state index in [1.165, 1.54) is 100 Å². The second-order valence-corrected chi connectivity index (χ2v) is 15.6. The van der Waals surface area contributed by atoms with Crippen LogP contribution >= 0.6 is 23.5 Å². The second-order valence-electron chi connectivity index (χ2n) is 12.8. The Morgan fingerprint density at radius 3 is 1.54 bits per heavy atom. The van der Waals surface area contributed by atoms with Crippen molar-refractivity contribution in [3.05, 3.63) is 54.7 Å². The zero-order chi connectivity index (χ0) is 32.1. The third-order valence-electron chi connectivity index (χ3n) is 9.56. The third-order valence-corrected chi connectivity index (χ3v) is 11.3. The van der Waals surface area contributed by atoms with E-state index in [4.69, 9.17) is 50.5 Å². The monoisotopic (exact) mass is 741 g/mol. The van der Waals surface area contributed by atoms with Gasteiger partial charge in [0.1, 0.15) is 0 Å². The second kappa shape index (κ2) is 21.6. The maximum atomic E-state index is 8.49. The van der Waals surface area contributed by atoms with E-state index in [-0.39, 0.29) is 22.5 Å². The zero-order valence-corrected chi connectivity index (χ0v) is 30.7. The Bertz CT molecular complexity index is 880. The number of halogens is 1. The van der Waals surface area contributed by atoms with E-state index < -0.39 is 10.2 Å². The predicted octanol–water partition coefficient (Wildman–Crippen LogP) is 4.44. The largest absolute Gasteiger partial charge is 2.00 e. The summed E-state index contributed by atoms with van der Waals surface area (Å²) in [4.78, 5) is 1.35. The summed E-state index contributed by atoms with van der Waals surface area (Å²) in [6, 6.07) is 3.01. The molecule has 0 saturated carbocycles. The van der Waals surface area contributed by atoms with Gasteiger partial charge in [-0.05, 0) is 12.5 Å². The van der Waals surface area contributed by atoms with E-state index in [0.29, 0.717) is 36.3 Å². The number of allylic oxidation sites excluding steroid dienone is 1. The van der Waals surface area contributed by atoms with Crippen LogP contribution in [0.4, 0.5) is 0 Å². The Labute approximate surface area is 298 Å². The maximum Gasteiger partial charge on any atom is 2.00 e. The minimum atomic E-state index is -4.94. The van der Waals surface area contributed by atoms with E-state index in [2.05, 4.69) is 24.7 Å². The molecule has 0 N–H and O–H groups in total. The van der Waals surface area contributed by atoms with Crippen molar-refractivity contribution >= 4 is 23.5 Å². The van der Waals surface area contributed by atoms with Crippen molar-refractivity contribution in [2.45, 2.75) is 137 Å². The molecule has 5 saturated heterocycles. The molecule has 46 heavy (non-hydrogen) atoms. The van der Waals surface area contributed by atoms with Crippen molar-refractivity contribution in [1.29, 1.82) is 0 Å². The van der Waals surface area contributed by atoms with Crippen LogP contribution in [-0.2, 0) is 16.5 Å². The number of hydrogen-bond donors (Lipinski definition) is 0. The number of piperidine rings is 5. The molecule has 0 amide bonds. The smallest absolute Gasteiger partial charge is 0.684 e. The fourth-order valence-electron chi connectivity index (χ4n) is 7.20. The van der Waals surface area contributed by atoms with E-state index in [1.54, 1.807) is 0 Å². The van der Waals surface area contributed by atoms with Gasteiger partial charge < -0.3 is 31.9 Å². The number of thioether (sulfide) groups is 2. The number of rotatable bonds is 6. The summed E-state index contributed by atoms with van der Waals surface area (Å²) in [7, 11) is -4.94. The van der Waals surface area contributed by atoms with Crippen molar-refractivity contribution in [2.24, 2.45) is 0 Å². The van der Waals surface area contributed by atoms with Crippen molar-refractivity contribution in [2.75, 3.05) is 38.7 Å². The minimum Gasteiger partial charge on any atom is -0.684 e. The van der Waals surface area contributed by atoms with E-state index in [1.807, 2.05) is 23.5 Å². The molecule has 0 aromatic carbocycles. The SMILES string of the molecule is CSC1=CC(C2CCCC[N-]2)[N-]C(C2CCCC[N-]2)=C1.CSC1CC(C2CCCC[N-]2)[N-]C(C2CCCC[N-]2)C1.[Ni+2].[O-][Cl+3]([O-])([O-])[O-]. The van der Waals surface area contributed by atoms with Crippen molar-refractivity contribution in [3.63, 3.8) is 0 Å². The van der Waals surface area contributed by atoms with Gasteiger partial charge in [0.05, 0.1) is 0 Å². The summed E-state index contributed by atoms with van der Waals surface area (Å²) in [5.74, 6) is 0. The Morgan fingerprint density at radius 1 is 0.652 bits per heavy atom. The zero-order valence-electron chi connectivity index (χ0n) is 27.3. The summed E-state index contributed by atoms with van der Waals surface area (Å²) in [5, 5.41) is 30.3. The van der Waals surface area contributed by atoms with E-state index in [0.717, 1.165) is 31.4 Å². The summed E-state index contributed by atoms with van der Waals surface area (Å²) < 4.78 is 34.0. The van der Waals surface area contributed by atoms with Crippen LogP contribution in [0.15, 0.2) is 22.8 Å². The standard InChI is InChI=1S/C16H28N3S.C16H24N3S.ClHO4.Ni/c2*1-20-12-10-15(13-6-2-4-8-17-13)19-16(11-12)14-7-3-5-9-18-14;2-1(3,4)5;/h12-16H,2-11H2,1H3;10-11,13-15H,2-9H2,1H3;(H,2,3,4,5);/q2*-3;;+2/p-1. The molecule has 0 spiro atoms. The quantitative estimate of drug-likeness (QED) is 0.364. The van der Waals surface area contributed by atoms with Gasteiger partial charge in [-0.3, -0.25) is 0 Å². The molecule has 14 heteroatoms. The first kappa shape index (κ1) is 40.8. The molecule has 6 aliphatic rings. The molecular formula is C32H52ClN6NiO4S2-5. The average molecular weight is 743 g/mol. The normalized spacial score (nSPS) is 35.3. The first-order valence-corrected chi connectivity index (χ1v) is 20.7. The van der Waals surface area contributed by atoms with Gasteiger partial charge in [0.15, 0.2) is 0 Å². The summed E-state index contributed by atoms with van der Waals surface area (Å²) in [5.41, 5.74) is 1.21. The van der Waals surface area contributed by atoms with Gasteiger partial charge in [0.25, 0.3) is 0 Å². The van der Waals surface area contributed by atoms with Gasteiger partial charge >= 0.3 is 16.5 Å². The Morgan fingerprint density at radius 2 is 1.13 bits per heavy atom. The van der Waals surface area contributed by atoms with Crippen LogP contribution < -0.4 is 18.6 Å². The molecule has 268 valence electrons. The van der Waals surface area contributed by atoms with E-state index >= 15 is 0 Å². The number of hydrogen-bond acceptors (Lipinski definition) is 6. The molecule has 6 rings (SSSR count). The first-order chi connectivity index (χ1) is 21.7. The molecule has 6 aliphatic heterocycles. The van der Waals surface area contributed by atoms with Crippen LogP contribution in [0, 0.1) is 10.2 Å². The molecule has 7 atom stereocenters. The summed E-state index contributed by atoms with van der Waals surface area (Å²) >= 11 is 3.86. The van der Waals surface area contributed by atoms with Crippen LogP contribution in [0.3, 0.4) is 0 Å². The molecule has 10 nitrogen and oxygen atoms in total. The third kappa shape index (κ3) is 14.3. The molecule has 0 aliphatic carbocycles. The minimum absolute atomic E-state index is 0. The van der Waals surface area contributed by atoms with E-state index in [9.17, 15) is 0 Å². The Balaban J connectivity index is 0.000000215. The Hall–Kier alpha value is 0.404. The summed E-state index contributed by atoms with van der Waals surface area (Å²) in [6.07, 6.45) is 26.8. The van der Waals surface area contributed by atoms with Gasteiger partial charge in [0, 0.05) is 10.2 Å². The van der Waals surface area contributed by atoms with Gasteiger partial charge in [-0.15, -0.1) is 66.3 Å². The molecule has 7 unspecified atom stereocenters. The van der Waals surface area contributed by atoms with Crippen LogP contribution in [0.2, 0.25) is 0 Å². The van der Waals surface area contributed by atoms with Gasteiger partial charge in [-0.25, -0.2) is 18.6 Å². The van der Waals surface area contributed by atoms with Crippen LogP contribution in [0.5, 0.6) is 0 Å². The molecule has 0 radical (unpaired) electrons. The van der Waals surface area contributed by atoms with Gasteiger partial charge in [-0.1, -0.05) is 102 Å². The fourth-order valence-corrected chi connectivity index (χ4v) is 8.49. The number of nitrogens with zero attached hydrogens (tertiary/aromatic N) is 6. The van der Waals surface area contributed by atoms with Crippen LogP contribution in [0.25, 0.3) is 31.9 Å². The first-order valence-electron chi connectivity index (χ1n) is 16.9. The molecule has 6 heterocycles. The predicted molar refractivity (Wildman–Crippen MR) is 178 cm³/mol. The van der Waals surface area contributed by atoms with Gasteiger partial charge in [0.2, 0.25) is 0 Å². The van der Waals surface area contributed by atoms with Crippen molar-refractivity contribution in [1.82, 2.24) is 0 Å². The average Bonchev–Trinajstić information content (AvgIpc) is 3.09. The maximum absolute atomic E-state index is 8.49. The van der Waals surface area contributed by atoms with Crippen molar-refractivity contribution < 1.29 is 45.4 Å². The topological polar surface area (TPSA) is 177 Å². The van der Waals surface area contributed by atoms with Crippen LogP contribution in [0.1, 0.15) is 89.9 Å². The van der Waals surface area contributed by atoms with Gasteiger partial charge in [-0.2, -0.15) is 41.6 Å². The fraction of sp³-hybridized carbons (Fsp3) is 0.875. The molecule has 5 fully saturated rings. The molecule has 0 aromatic rings. The van der Waals surface area contributed by atoms with Crippen molar-refractivity contribution in [3.8, 4) is 0 Å². The Kier molecular flexibility index (Phi) is 19.2. The molecule has 0 aromatic heterocycles.